The zero-order valence-corrected chi connectivity index (χ0v) is 11.8. The first kappa shape index (κ1) is 12.1. The minimum Gasteiger partial charge on any atom is -0.370 e. The summed E-state index contributed by atoms with van der Waals surface area (Å²) in [5.41, 5.74) is 3.25. The third-order valence-electron chi connectivity index (χ3n) is 3.84. The first-order chi connectivity index (χ1) is 10.3. The van der Waals surface area contributed by atoms with E-state index in [1.165, 1.54) is 5.56 Å². The highest BCUT2D eigenvalue weighted by atomic mass is 15.4. The van der Waals surface area contributed by atoms with Gasteiger partial charge >= 0.3 is 0 Å². The molecule has 0 radical (unpaired) electrons. The fraction of sp³-hybridized carbons (Fsp3) is 0.267. The molecule has 4 rings (SSSR count). The Bertz CT molecular complexity index is 758. The second kappa shape index (κ2) is 4.73. The van der Waals surface area contributed by atoms with Gasteiger partial charge in [0, 0.05) is 49.4 Å². The minimum absolute atomic E-state index is 0.241. The molecule has 21 heavy (non-hydrogen) atoms. The lowest BCUT2D eigenvalue weighted by Gasteiger charge is -2.24. The van der Waals surface area contributed by atoms with E-state index in [4.69, 9.17) is 5.10 Å². The van der Waals surface area contributed by atoms with Crippen molar-refractivity contribution >= 4 is 5.82 Å². The van der Waals surface area contributed by atoms with Crippen molar-refractivity contribution in [2.75, 3.05) is 11.9 Å². The Kier molecular flexibility index (Phi) is 2.73. The van der Waals surface area contributed by atoms with E-state index in [1.807, 2.05) is 30.1 Å². The SMILES string of the molecule is Cn1cc(C2CCNc3cc(-c4ccncc4)nn32)cn1. The maximum atomic E-state index is 4.78. The van der Waals surface area contributed by atoms with Gasteiger partial charge in [0.1, 0.15) is 5.82 Å². The fourth-order valence-corrected chi connectivity index (χ4v) is 2.81. The second-order valence-corrected chi connectivity index (χ2v) is 5.27. The van der Waals surface area contributed by atoms with Crippen molar-refractivity contribution in [2.24, 2.45) is 7.05 Å². The third-order valence-corrected chi connectivity index (χ3v) is 3.84. The summed E-state index contributed by atoms with van der Waals surface area (Å²) < 4.78 is 3.90. The van der Waals surface area contributed by atoms with E-state index in [1.54, 1.807) is 12.4 Å². The van der Waals surface area contributed by atoms with Crippen LogP contribution in [0.2, 0.25) is 0 Å². The number of aryl methyl sites for hydroxylation is 1. The van der Waals surface area contributed by atoms with E-state index in [2.05, 4.69) is 32.3 Å². The molecular weight excluding hydrogens is 264 g/mol. The average molecular weight is 280 g/mol. The monoisotopic (exact) mass is 280 g/mol. The zero-order valence-electron chi connectivity index (χ0n) is 11.8. The predicted octanol–water partition coefficient (Wildman–Crippen LogP) is 2.08. The van der Waals surface area contributed by atoms with Gasteiger partial charge in [0.25, 0.3) is 0 Å². The number of nitrogens with one attached hydrogen (secondary N) is 1. The highest BCUT2D eigenvalue weighted by Crippen LogP contribution is 2.32. The Morgan fingerprint density at radius 1 is 1.29 bits per heavy atom. The summed E-state index contributed by atoms with van der Waals surface area (Å²) in [6.45, 7) is 0.945. The van der Waals surface area contributed by atoms with E-state index in [0.717, 1.165) is 30.0 Å². The van der Waals surface area contributed by atoms with Gasteiger partial charge in [0.15, 0.2) is 0 Å². The minimum atomic E-state index is 0.241. The molecule has 3 aromatic heterocycles. The predicted molar refractivity (Wildman–Crippen MR) is 79.9 cm³/mol. The van der Waals surface area contributed by atoms with Gasteiger partial charge in [-0.05, 0) is 18.6 Å². The van der Waals surface area contributed by atoms with Crippen molar-refractivity contribution in [3.8, 4) is 11.3 Å². The smallest absolute Gasteiger partial charge is 0.125 e. The molecule has 0 saturated carbocycles. The summed E-state index contributed by atoms with van der Waals surface area (Å²) in [5, 5.41) is 12.5. The van der Waals surface area contributed by atoms with Crippen LogP contribution in [0.1, 0.15) is 18.0 Å². The van der Waals surface area contributed by atoms with Crippen LogP contribution in [0.5, 0.6) is 0 Å². The molecule has 0 aliphatic carbocycles. The number of hydrogen-bond donors (Lipinski definition) is 1. The summed E-state index contributed by atoms with van der Waals surface area (Å²) in [4.78, 5) is 4.06. The summed E-state index contributed by atoms with van der Waals surface area (Å²) in [6.07, 6.45) is 8.58. The molecule has 1 atom stereocenters. The molecule has 6 heteroatoms. The summed E-state index contributed by atoms with van der Waals surface area (Å²) in [5.74, 6) is 1.06. The maximum absolute atomic E-state index is 4.78. The molecule has 1 unspecified atom stereocenters. The van der Waals surface area contributed by atoms with Gasteiger partial charge in [-0.3, -0.25) is 9.67 Å². The van der Waals surface area contributed by atoms with Crippen LogP contribution < -0.4 is 5.32 Å². The molecule has 1 aliphatic heterocycles. The Balaban J connectivity index is 1.76. The highest BCUT2D eigenvalue weighted by Gasteiger charge is 2.24. The van der Waals surface area contributed by atoms with Gasteiger partial charge in [0.2, 0.25) is 0 Å². The van der Waals surface area contributed by atoms with E-state index < -0.39 is 0 Å². The standard InChI is InChI=1S/C15H16N6/c1-20-10-12(9-18-20)14-4-7-17-15-8-13(19-21(14)15)11-2-5-16-6-3-11/h2-3,5-6,8-10,14,17H,4,7H2,1H3. The molecular formula is C15H16N6. The molecule has 3 aromatic rings. The Hall–Kier alpha value is -2.63. The first-order valence-corrected chi connectivity index (χ1v) is 7.03. The second-order valence-electron chi connectivity index (χ2n) is 5.27. The van der Waals surface area contributed by atoms with E-state index in [9.17, 15) is 0 Å². The number of nitrogens with zero attached hydrogens (tertiary/aromatic N) is 5. The van der Waals surface area contributed by atoms with Gasteiger partial charge in [0.05, 0.1) is 17.9 Å². The van der Waals surface area contributed by atoms with Crippen molar-refractivity contribution in [1.29, 1.82) is 0 Å². The molecule has 4 heterocycles. The number of rotatable bonds is 2. The van der Waals surface area contributed by atoms with Crippen LogP contribution in [-0.2, 0) is 7.05 Å². The molecule has 1 aliphatic rings. The average Bonchev–Trinajstić information content (AvgIpc) is 3.14. The lowest BCUT2D eigenvalue weighted by molar-refractivity contribution is 0.482. The van der Waals surface area contributed by atoms with Crippen molar-refractivity contribution < 1.29 is 0 Å². The first-order valence-electron chi connectivity index (χ1n) is 7.03. The number of anilines is 1. The largest absolute Gasteiger partial charge is 0.370 e. The number of pyridine rings is 1. The van der Waals surface area contributed by atoms with Crippen LogP contribution in [0, 0.1) is 0 Å². The fourth-order valence-electron chi connectivity index (χ4n) is 2.81. The van der Waals surface area contributed by atoms with Crippen LogP contribution in [0.25, 0.3) is 11.3 Å². The highest BCUT2D eigenvalue weighted by molar-refractivity contribution is 5.63. The van der Waals surface area contributed by atoms with E-state index in [0.29, 0.717) is 0 Å². The summed E-state index contributed by atoms with van der Waals surface area (Å²) >= 11 is 0. The Morgan fingerprint density at radius 3 is 2.90 bits per heavy atom. The molecule has 0 bridgehead atoms. The van der Waals surface area contributed by atoms with Gasteiger partial charge in [-0.15, -0.1) is 0 Å². The quantitative estimate of drug-likeness (QED) is 0.781. The van der Waals surface area contributed by atoms with Crippen LogP contribution in [0.3, 0.4) is 0 Å². The van der Waals surface area contributed by atoms with Gasteiger partial charge < -0.3 is 5.32 Å². The van der Waals surface area contributed by atoms with Gasteiger partial charge in [-0.1, -0.05) is 0 Å². The van der Waals surface area contributed by atoms with Crippen molar-refractivity contribution in [2.45, 2.75) is 12.5 Å². The van der Waals surface area contributed by atoms with Crippen molar-refractivity contribution in [1.82, 2.24) is 24.5 Å². The number of aromatic nitrogens is 5. The maximum Gasteiger partial charge on any atom is 0.125 e. The molecule has 0 saturated heterocycles. The van der Waals surface area contributed by atoms with Crippen LogP contribution >= 0.6 is 0 Å². The zero-order chi connectivity index (χ0) is 14.2. The number of hydrogen-bond acceptors (Lipinski definition) is 4. The summed E-state index contributed by atoms with van der Waals surface area (Å²) in [7, 11) is 1.94. The lowest BCUT2D eigenvalue weighted by Crippen LogP contribution is -2.24. The van der Waals surface area contributed by atoms with Crippen LogP contribution in [0.15, 0.2) is 43.0 Å². The topological polar surface area (TPSA) is 60.6 Å². The normalized spacial score (nSPS) is 17.3. The van der Waals surface area contributed by atoms with Gasteiger partial charge in [-0.2, -0.15) is 10.2 Å². The van der Waals surface area contributed by atoms with Crippen LogP contribution in [0.4, 0.5) is 5.82 Å². The van der Waals surface area contributed by atoms with E-state index >= 15 is 0 Å². The molecule has 106 valence electrons. The third kappa shape index (κ3) is 2.08. The number of fused-ring (bicyclic) bond motifs is 1. The van der Waals surface area contributed by atoms with E-state index in [-0.39, 0.29) is 6.04 Å². The van der Waals surface area contributed by atoms with Gasteiger partial charge in [-0.25, -0.2) is 4.68 Å². The Morgan fingerprint density at radius 2 is 2.14 bits per heavy atom. The molecule has 0 aromatic carbocycles. The molecule has 1 N–H and O–H groups in total. The van der Waals surface area contributed by atoms with Crippen molar-refractivity contribution in [3.05, 3.63) is 48.5 Å². The lowest BCUT2D eigenvalue weighted by atomic mass is 10.1. The molecule has 6 nitrogen and oxygen atoms in total. The Labute approximate surface area is 122 Å². The van der Waals surface area contributed by atoms with Crippen LogP contribution in [-0.4, -0.2) is 31.1 Å². The molecule has 0 fully saturated rings. The van der Waals surface area contributed by atoms with Crippen molar-refractivity contribution in [3.63, 3.8) is 0 Å². The molecule has 0 spiro atoms. The summed E-state index contributed by atoms with van der Waals surface area (Å²) in [6, 6.07) is 6.30. The molecule has 0 amide bonds.